The van der Waals surface area contributed by atoms with E-state index in [0.29, 0.717) is 13.2 Å². The molecule has 5 nitrogen and oxygen atoms in total. The highest BCUT2D eigenvalue weighted by Crippen LogP contribution is 2.30. The molecule has 0 bridgehead atoms. The van der Waals surface area contributed by atoms with E-state index in [2.05, 4.69) is 6.92 Å². The van der Waals surface area contributed by atoms with E-state index in [-0.39, 0.29) is 24.2 Å². The highest BCUT2D eigenvalue weighted by Gasteiger charge is 2.44. The molecule has 0 spiro atoms. The smallest absolute Gasteiger partial charge is 0.204 e. The summed E-state index contributed by atoms with van der Waals surface area (Å²) >= 11 is 0. The fraction of sp³-hybridized carbons (Fsp3) is 0.846. The molecule has 0 aliphatic carbocycles. The van der Waals surface area contributed by atoms with Crippen molar-refractivity contribution in [3.05, 3.63) is 12.7 Å². The van der Waals surface area contributed by atoms with Crippen molar-refractivity contribution in [3.63, 3.8) is 0 Å². The molecule has 1 saturated heterocycles. The summed E-state index contributed by atoms with van der Waals surface area (Å²) in [6.07, 6.45) is 0.522. The fourth-order valence-electron chi connectivity index (χ4n) is 2.38. The van der Waals surface area contributed by atoms with Gasteiger partial charge < -0.3 is 23.7 Å². The quantitative estimate of drug-likeness (QED) is 0.639. The van der Waals surface area contributed by atoms with E-state index in [1.807, 2.05) is 0 Å². The van der Waals surface area contributed by atoms with Crippen LogP contribution in [0.1, 0.15) is 6.92 Å². The van der Waals surface area contributed by atoms with Gasteiger partial charge in [-0.05, 0) is 0 Å². The molecule has 1 heterocycles. The molecule has 1 aliphatic heterocycles. The van der Waals surface area contributed by atoms with Crippen molar-refractivity contribution in [2.75, 3.05) is 34.5 Å². The Hall–Kier alpha value is -0.550. The zero-order valence-electron chi connectivity index (χ0n) is 11.5. The standard InChI is InChI=1S/C13H23O5/c1-6-7-17-13-12(16-5)9(2)11(15-4)10(18-13)8-14-3/h1,6,9-13H,7-8H2,2-5H3/q+1/t9-,10?,11-,12?,13?/m0/s1. The SMILES string of the molecule is [CH+]=CCOC1OC(COC)[C@@H](OC)[C@H](C)C1OC. The van der Waals surface area contributed by atoms with Crippen LogP contribution in [0.4, 0.5) is 0 Å². The van der Waals surface area contributed by atoms with Crippen molar-refractivity contribution in [1.82, 2.24) is 0 Å². The van der Waals surface area contributed by atoms with Crippen molar-refractivity contribution in [2.24, 2.45) is 5.92 Å². The first-order valence-corrected chi connectivity index (χ1v) is 6.04. The monoisotopic (exact) mass is 259 g/mol. The molecule has 1 fully saturated rings. The molecule has 0 aromatic heterocycles. The zero-order valence-corrected chi connectivity index (χ0v) is 11.5. The summed E-state index contributed by atoms with van der Waals surface area (Å²) in [6, 6.07) is 0. The van der Waals surface area contributed by atoms with Crippen molar-refractivity contribution in [3.8, 4) is 0 Å². The Bertz CT molecular complexity index is 244. The minimum Gasteiger partial charge on any atom is -0.382 e. The molecule has 0 aromatic carbocycles. The van der Waals surface area contributed by atoms with Crippen LogP contribution in [-0.4, -0.2) is 59.1 Å². The van der Waals surface area contributed by atoms with Crippen LogP contribution in [0.5, 0.6) is 0 Å². The molecule has 0 aromatic rings. The van der Waals surface area contributed by atoms with Gasteiger partial charge in [0.05, 0.1) is 12.7 Å². The first-order chi connectivity index (χ1) is 8.69. The van der Waals surface area contributed by atoms with Gasteiger partial charge in [-0.2, -0.15) is 0 Å². The topological polar surface area (TPSA) is 46.2 Å². The van der Waals surface area contributed by atoms with Gasteiger partial charge >= 0.3 is 0 Å². The second kappa shape index (κ2) is 7.79. The summed E-state index contributed by atoms with van der Waals surface area (Å²) < 4.78 is 27.4. The van der Waals surface area contributed by atoms with Gasteiger partial charge in [0, 0.05) is 27.2 Å². The van der Waals surface area contributed by atoms with Crippen molar-refractivity contribution >= 4 is 0 Å². The van der Waals surface area contributed by atoms with E-state index >= 15 is 0 Å². The maximum atomic E-state index is 5.83. The van der Waals surface area contributed by atoms with Crippen LogP contribution in [0.2, 0.25) is 0 Å². The summed E-state index contributed by atoms with van der Waals surface area (Å²) in [5.74, 6) is 0.136. The Morgan fingerprint density at radius 1 is 1.17 bits per heavy atom. The van der Waals surface area contributed by atoms with Crippen LogP contribution < -0.4 is 0 Å². The van der Waals surface area contributed by atoms with E-state index in [1.165, 1.54) is 6.08 Å². The first-order valence-electron chi connectivity index (χ1n) is 6.04. The summed E-state index contributed by atoms with van der Waals surface area (Å²) in [6.45, 7) is 8.13. The zero-order chi connectivity index (χ0) is 13.5. The van der Waals surface area contributed by atoms with Crippen molar-refractivity contribution in [1.29, 1.82) is 0 Å². The molecule has 1 rings (SSSR count). The van der Waals surface area contributed by atoms with Crippen LogP contribution in [0.25, 0.3) is 0 Å². The molecule has 0 N–H and O–H groups in total. The second-order valence-corrected chi connectivity index (χ2v) is 4.33. The number of ether oxygens (including phenoxy) is 5. The molecular weight excluding hydrogens is 236 g/mol. The lowest BCUT2D eigenvalue weighted by Crippen LogP contribution is -2.56. The molecular formula is C13H23O5+. The third-order valence-electron chi connectivity index (χ3n) is 3.21. The lowest BCUT2D eigenvalue weighted by molar-refractivity contribution is -0.294. The van der Waals surface area contributed by atoms with Gasteiger partial charge in [0.1, 0.15) is 18.8 Å². The van der Waals surface area contributed by atoms with Crippen LogP contribution in [0.3, 0.4) is 0 Å². The average Bonchev–Trinajstić information content (AvgIpc) is 2.37. The highest BCUT2D eigenvalue weighted by molar-refractivity contribution is 4.89. The number of hydrogen-bond donors (Lipinski definition) is 0. The Kier molecular flexibility index (Phi) is 6.71. The Labute approximate surface area is 109 Å². The summed E-state index contributed by atoms with van der Waals surface area (Å²) in [7, 11) is 4.93. The first kappa shape index (κ1) is 15.5. The van der Waals surface area contributed by atoms with Gasteiger partial charge in [0.25, 0.3) is 0 Å². The van der Waals surface area contributed by atoms with E-state index in [0.717, 1.165) is 0 Å². The van der Waals surface area contributed by atoms with E-state index in [1.54, 1.807) is 21.3 Å². The number of hydrogen-bond acceptors (Lipinski definition) is 5. The van der Waals surface area contributed by atoms with Gasteiger partial charge in [-0.3, -0.25) is 0 Å². The normalized spacial score (nSPS) is 36.5. The molecule has 3 unspecified atom stereocenters. The van der Waals surface area contributed by atoms with Crippen molar-refractivity contribution in [2.45, 2.75) is 31.5 Å². The molecule has 18 heavy (non-hydrogen) atoms. The van der Waals surface area contributed by atoms with E-state index < -0.39 is 6.29 Å². The molecule has 0 amide bonds. The van der Waals surface area contributed by atoms with Crippen LogP contribution >= 0.6 is 0 Å². The lowest BCUT2D eigenvalue weighted by Gasteiger charge is -2.43. The van der Waals surface area contributed by atoms with Gasteiger partial charge in [0.2, 0.25) is 6.58 Å². The maximum Gasteiger partial charge on any atom is 0.204 e. The molecule has 104 valence electrons. The minimum atomic E-state index is -0.462. The number of methoxy groups -OCH3 is 3. The molecule has 1 aliphatic rings. The Morgan fingerprint density at radius 3 is 2.33 bits per heavy atom. The fourth-order valence-corrected chi connectivity index (χ4v) is 2.38. The molecule has 5 atom stereocenters. The van der Waals surface area contributed by atoms with Crippen LogP contribution in [0.15, 0.2) is 6.08 Å². The lowest BCUT2D eigenvalue weighted by atomic mass is 9.90. The van der Waals surface area contributed by atoms with E-state index in [4.69, 9.17) is 30.3 Å². The summed E-state index contributed by atoms with van der Waals surface area (Å²) in [5, 5.41) is 0. The number of rotatable bonds is 7. The Morgan fingerprint density at radius 2 is 1.83 bits per heavy atom. The highest BCUT2D eigenvalue weighted by atomic mass is 16.7. The Balaban J connectivity index is 2.75. The predicted octanol–water partition coefficient (Wildman–Crippen LogP) is 1.03. The summed E-state index contributed by atoms with van der Waals surface area (Å²) in [4.78, 5) is 0. The predicted molar refractivity (Wildman–Crippen MR) is 66.1 cm³/mol. The minimum absolute atomic E-state index is 0.0865. The average molecular weight is 259 g/mol. The third-order valence-corrected chi connectivity index (χ3v) is 3.21. The molecule has 5 heteroatoms. The van der Waals surface area contributed by atoms with Gasteiger partial charge in [-0.15, -0.1) is 0 Å². The second-order valence-electron chi connectivity index (χ2n) is 4.33. The largest absolute Gasteiger partial charge is 0.382 e. The van der Waals surface area contributed by atoms with E-state index in [9.17, 15) is 0 Å². The molecule has 0 radical (unpaired) electrons. The van der Waals surface area contributed by atoms with Crippen LogP contribution in [0, 0.1) is 12.5 Å². The van der Waals surface area contributed by atoms with Gasteiger partial charge in [0.15, 0.2) is 12.4 Å². The van der Waals surface area contributed by atoms with Gasteiger partial charge in [-0.25, -0.2) is 0 Å². The van der Waals surface area contributed by atoms with Crippen molar-refractivity contribution < 1.29 is 23.7 Å². The molecule has 0 saturated carbocycles. The third kappa shape index (κ3) is 3.48. The van der Waals surface area contributed by atoms with Gasteiger partial charge in [-0.1, -0.05) is 6.92 Å². The maximum absolute atomic E-state index is 5.83. The van der Waals surface area contributed by atoms with Crippen LogP contribution in [-0.2, 0) is 23.7 Å². The summed E-state index contributed by atoms with van der Waals surface area (Å²) in [5.41, 5.74) is 0.